The average molecular weight is 570 g/mol. The van der Waals surface area contributed by atoms with Crippen LogP contribution in [-0.2, 0) is 23.3 Å². The number of hydrogen-bond donors (Lipinski definition) is 0. The molecule has 40 heavy (non-hydrogen) atoms. The summed E-state index contributed by atoms with van der Waals surface area (Å²) >= 11 is 0. The highest BCUT2D eigenvalue weighted by Crippen LogP contribution is 2.41. The maximum Gasteiger partial charge on any atom is 0.433 e. The van der Waals surface area contributed by atoms with Gasteiger partial charge in [0, 0.05) is 36.8 Å². The summed E-state index contributed by atoms with van der Waals surface area (Å²) in [4.78, 5) is 20.5. The Balaban J connectivity index is 1.61. The smallest absolute Gasteiger partial charge is 0.433 e. The molecule has 12 heteroatoms. The van der Waals surface area contributed by atoms with E-state index in [1.165, 1.54) is 59.5 Å². The topological polar surface area (TPSA) is 45.7 Å². The number of anilines is 1. The second-order valence-electron chi connectivity index (χ2n) is 9.60. The highest BCUT2D eigenvalue weighted by Gasteiger charge is 2.43. The molecule has 0 radical (unpaired) electrons. The van der Waals surface area contributed by atoms with Crippen LogP contribution >= 0.6 is 0 Å². The first kappa shape index (κ1) is 29.3. The molecular formula is C28H26F7N3O2. The van der Waals surface area contributed by atoms with Gasteiger partial charge in [0.25, 0.3) is 5.92 Å². The zero-order valence-electron chi connectivity index (χ0n) is 21.5. The molecule has 1 aliphatic heterocycles. The maximum absolute atomic E-state index is 14.1. The largest absolute Gasteiger partial charge is 0.435 e. The van der Waals surface area contributed by atoms with Crippen molar-refractivity contribution in [2.45, 2.75) is 50.6 Å². The van der Waals surface area contributed by atoms with Crippen molar-refractivity contribution in [2.24, 2.45) is 0 Å². The molecule has 0 unspecified atom stereocenters. The lowest BCUT2D eigenvalue weighted by atomic mass is 9.98. The highest BCUT2D eigenvalue weighted by atomic mass is 19.4. The van der Waals surface area contributed by atoms with Crippen LogP contribution in [-0.4, -0.2) is 42.0 Å². The summed E-state index contributed by atoms with van der Waals surface area (Å²) in [5.74, 6) is -3.61. The van der Waals surface area contributed by atoms with Crippen molar-refractivity contribution in [3.63, 3.8) is 0 Å². The van der Waals surface area contributed by atoms with Gasteiger partial charge in [0.15, 0.2) is 0 Å². The van der Waals surface area contributed by atoms with Crippen molar-refractivity contribution in [3.8, 4) is 5.75 Å². The second kappa shape index (κ2) is 11.4. The number of alkyl halides is 7. The van der Waals surface area contributed by atoms with Gasteiger partial charge in [-0.25, -0.2) is 13.8 Å². The third-order valence-corrected chi connectivity index (χ3v) is 6.75. The molecule has 1 saturated heterocycles. The van der Waals surface area contributed by atoms with E-state index in [0.717, 1.165) is 13.0 Å². The van der Waals surface area contributed by atoms with Gasteiger partial charge in [0.2, 0.25) is 5.91 Å². The third kappa shape index (κ3) is 6.72. The zero-order chi connectivity index (χ0) is 29.2. The van der Waals surface area contributed by atoms with Gasteiger partial charge in [-0.15, -0.1) is 0 Å². The molecule has 1 aromatic heterocycles. The Kier molecular flexibility index (Phi) is 8.38. The molecule has 1 fully saturated rings. The molecule has 0 aliphatic carbocycles. The van der Waals surface area contributed by atoms with Crippen LogP contribution in [0.25, 0.3) is 0 Å². The Morgan fingerprint density at radius 2 is 1.70 bits per heavy atom. The number of hydrogen-bond acceptors (Lipinski definition) is 4. The number of nitrogens with zero attached hydrogens (tertiary/aromatic N) is 3. The van der Waals surface area contributed by atoms with E-state index in [9.17, 15) is 35.5 Å². The number of likely N-dealkylation sites (N-methyl/N-ethyl adjacent to an activating group) is 1. The quantitative estimate of drug-likeness (QED) is 0.265. The molecule has 4 rings (SSSR count). The third-order valence-electron chi connectivity index (χ3n) is 6.75. The molecule has 1 amide bonds. The number of carbonyl (C=O) groups excluding carboxylic acids is 1. The van der Waals surface area contributed by atoms with Gasteiger partial charge < -0.3 is 9.64 Å². The Bertz CT molecular complexity index is 1330. The van der Waals surface area contributed by atoms with Crippen LogP contribution in [0.4, 0.5) is 36.4 Å². The molecule has 0 saturated carbocycles. The summed E-state index contributed by atoms with van der Waals surface area (Å²) in [7, 11) is 1.65. The van der Waals surface area contributed by atoms with Gasteiger partial charge in [-0.2, -0.15) is 22.0 Å². The Morgan fingerprint density at radius 1 is 1.02 bits per heavy atom. The van der Waals surface area contributed by atoms with Gasteiger partial charge in [-0.05, 0) is 61.5 Å². The Morgan fingerprint density at radius 3 is 2.33 bits per heavy atom. The molecular weight excluding hydrogens is 543 g/mol. The summed E-state index contributed by atoms with van der Waals surface area (Å²) in [6.45, 7) is -2.07. The fourth-order valence-corrected chi connectivity index (χ4v) is 4.72. The highest BCUT2D eigenvalue weighted by molar-refractivity contribution is 6.00. The van der Waals surface area contributed by atoms with E-state index in [0.29, 0.717) is 11.3 Å². The predicted octanol–water partition coefficient (Wildman–Crippen LogP) is 6.83. The number of amides is 1. The Hall–Kier alpha value is -3.67. The van der Waals surface area contributed by atoms with E-state index >= 15 is 0 Å². The first-order chi connectivity index (χ1) is 18.7. The average Bonchev–Trinajstić information content (AvgIpc) is 3.24. The van der Waals surface area contributed by atoms with E-state index in [-0.39, 0.29) is 42.3 Å². The molecule has 214 valence electrons. The van der Waals surface area contributed by atoms with E-state index in [2.05, 4.69) is 9.72 Å². The van der Waals surface area contributed by atoms with E-state index in [1.54, 1.807) is 18.0 Å². The van der Waals surface area contributed by atoms with Crippen LogP contribution < -0.4 is 9.64 Å². The number of carbonyl (C=O) groups is 1. The van der Waals surface area contributed by atoms with Gasteiger partial charge in [0.05, 0.1) is 12.1 Å². The van der Waals surface area contributed by atoms with Crippen molar-refractivity contribution in [2.75, 3.05) is 18.5 Å². The standard InChI is InChI=1S/C28H26F7N3O2/c1-27(31,32)18-6-3-5-17(15-18)22-16-23(25(39)38(22)20-9-11-21(12-10-20)40-26(29)30)37(2)14-13-19-7-4-8-24(36-19)28(33,34)35/h3-12,15,22-23,26H,13-14,16H2,1-2H3/t22-,23-/m1/s1. The fourth-order valence-electron chi connectivity index (χ4n) is 4.72. The fraction of sp³-hybridized carbons (Fsp3) is 0.357. The monoisotopic (exact) mass is 569 g/mol. The summed E-state index contributed by atoms with van der Waals surface area (Å²) in [5.41, 5.74) is -0.238. The molecule has 2 atom stereocenters. The molecule has 0 spiro atoms. The summed E-state index contributed by atoms with van der Waals surface area (Å²) in [6.07, 6.45) is -4.26. The SMILES string of the molecule is CN(CCc1cccc(C(F)(F)F)n1)[C@@H]1C[C@H](c2cccc(C(C)(F)F)c2)N(c2ccc(OC(F)F)cc2)C1=O. The normalized spacial score (nSPS) is 18.2. The maximum atomic E-state index is 14.1. The van der Waals surface area contributed by atoms with Crippen molar-refractivity contribution in [1.29, 1.82) is 0 Å². The minimum absolute atomic E-state index is 0.114. The first-order valence-electron chi connectivity index (χ1n) is 12.3. The van der Waals surface area contributed by atoms with Crippen molar-refractivity contribution < 1.29 is 40.3 Å². The Labute approximate surface area is 226 Å². The molecule has 0 N–H and O–H groups in total. The lowest BCUT2D eigenvalue weighted by Crippen LogP contribution is -2.40. The van der Waals surface area contributed by atoms with Gasteiger partial charge in [0.1, 0.15) is 11.4 Å². The lowest BCUT2D eigenvalue weighted by molar-refractivity contribution is -0.141. The van der Waals surface area contributed by atoms with E-state index < -0.39 is 36.5 Å². The van der Waals surface area contributed by atoms with E-state index in [4.69, 9.17) is 0 Å². The van der Waals surface area contributed by atoms with Gasteiger partial charge >= 0.3 is 12.8 Å². The van der Waals surface area contributed by atoms with Crippen molar-refractivity contribution in [1.82, 2.24) is 9.88 Å². The first-order valence-corrected chi connectivity index (χ1v) is 12.3. The summed E-state index contributed by atoms with van der Waals surface area (Å²) < 4.78 is 96.9. The number of pyridine rings is 1. The van der Waals surface area contributed by atoms with Crippen LogP contribution in [0.15, 0.2) is 66.7 Å². The van der Waals surface area contributed by atoms with Crippen LogP contribution in [0.1, 0.15) is 41.9 Å². The molecule has 1 aliphatic rings. The van der Waals surface area contributed by atoms with Crippen LogP contribution in [0.3, 0.4) is 0 Å². The van der Waals surface area contributed by atoms with E-state index in [1.807, 2.05) is 0 Å². The van der Waals surface area contributed by atoms with Crippen LogP contribution in [0.5, 0.6) is 5.75 Å². The predicted molar refractivity (Wildman–Crippen MR) is 133 cm³/mol. The number of rotatable bonds is 9. The lowest BCUT2D eigenvalue weighted by Gasteiger charge is -2.26. The number of ether oxygens (including phenoxy) is 1. The number of benzene rings is 2. The molecule has 0 bridgehead atoms. The number of halogens is 7. The minimum Gasteiger partial charge on any atom is -0.435 e. The summed E-state index contributed by atoms with van der Waals surface area (Å²) in [5, 5.41) is 0. The minimum atomic E-state index is -4.59. The second-order valence-corrected chi connectivity index (χ2v) is 9.60. The van der Waals surface area contributed by atoms with Crippen molar-refractivity contribution in [3.05, 3.63) is 89.2 Å². The number of aromatic nitrogens is 1. The van der Waals surface area contributed by atoms with Crippen molar-refractivity contribution >= 4 is 11.6 Å². The molecule has 2 heterocycles. The van der Waals surface area contributed by atoms with Gasteiger partial charge in [-0.3, -0.25) is 9.69 Å². The van der Waals surface area contributed by atoms with Crippen LogP contribution in [0.2, 0.25) is 0 Å². The molecule has 2 aromatic carbocycles. The molecule has 3 aromatic rings. The van der Waals surface area contributed by atoms with Crippen LogP contribution in [0, 0.1) is 0 Å². The molecule has 5 nitrogen and oxygen atoms in total. The zero-order valence-corrected chi connectivity index (χ0v) is 21.5. The summed E-state index contributed by atoms with van der Waals surface area (Å²) in [6, 6.07) is 13.3. The van der Waals surface area contributed by atoms with Gasteiger partial charge in [-0.1, -0.05) is 24.3 Å².